The van der Waals surface area contributed by atoms with Crippen molar-refractivity contribution in [3.8, 4) is 12.3 Å². The van der Waals surface area contributed by atoms with Gasteiger partial charge in [0.25, 0.3) is 0 Å². The van der Waals surface area contributed by atoms with E-state index >= 15 is 0 Å². The first-order chi connectivity index (χ1) is 9.81. The summed E-state index contributed by atoms with van der Waals surface area (Å²) in [6, 6.07) is 0. The van der Waals surface area contributed by atoms with Gasteiger partial charge in [-0.25, -0.2) is 4.79 Å². The van der Waals surface area contributed by atoms with Crippen LogP contribution in [0, 0.1) is 12.3 Å². The Morgan fingerprint density at radius 1 is 0.818 bits per heavy atom. The molecule has 22 heavy (non-hydrogen) atoms. The standard InChI is InChI=1S/C4H9.C3H2O2.6CO.Co/c1-4(2)3;1-2-3(4)5;6*1-2;/h1-3H3;1H,(H,4,5);;;;;;;. The zero-order valence-electron chi connectivity index (χ0n) is 11.7. The van der Waals surface area contributed by atoms with Gasteiger partial charge >= 0.3 is 95.7 Å². The molecule has 0 aliphatic carbocycles. The van der Waals surface area contributed by atoms with Gasteiger partial charge in [0.2, 0.25) is 0 Å². The summed E-state index contributed by atoms with van der Waals surface area (Å²) < 4.78 is -2.11. The summed E-state index contributed by atoms with van der Waals surface area (Å²) in [5.74, 6) is 0.227. The predicted octanol–water partition coefficient (Wildman–Crippen LogP) is -0.927. The first-order valence-corrected chi connectivity index (χ1v) is 8.50. The van der Waals surface area contributed by atoms with Crippen LogP contribution in [-0.4, -0.2) is 40.0 Å². The topological polar surface area (TPSA) is 140 Å². The van der Waals surface area contributed by atoms with Crippen molar-refractivity contribution in [1.82, 2.24) is 0 Å². The van der Waals surface area contributed by atoms with Gasteiger partial charge in [-0.2, -0.15) is 0 Å². The number of carbonyl (C=O) groups is 1. The molecule has 0 heterocycles. The molecule has 8 nitrogen and oxygen atoms in total. The van der Waals surface area contributed by atoms with Gasteiger partial charge < -0.3 is 5.11 Å². The molecule has 0 aliphatic rings. The summed E-state index contributed by atoms with van der Waals surface area (Å²) in [7, 11) is 0. The number of rotatable bonds is 0. The number of aliphatic carboxylic acids is 1. The van der Waals surface area contributed by atoms with E-state index < -0.39 is 17.2 Å². The Morgan fingerprint density at radius 2 is 1.00 bits per heavy atom. The zero-order chi connectivity index (χ0) is 18.4. The first kappa shape index (κ1) is 21.3. The van der Waals surface area contributed by atoms with Crippen molar-refractivity contribution < 1.29 is 45.5 Å². The number of carboxylic acids is 1. The number of carbonyl (C=O) groups excluding carboxylic acids is 6. The molecule has 1 N–H and O–H groups in total. The van der Waals surface area contributed by atoms with Crippen molar-refractivity contribution in [2.45, 2.75) is 25.1 Å². The average molecular weight is 354 g/mol. The molecule has 0 aromatic rings. The summed E-state index contributed by atoms with van der Waals surface area (Å²) in [6.07, 6.45) is 4.32. The molecule has 0 spiro atoms. The van der Waals surface area contributed by atoms with Gasteiger partial charge in [-0.3, -0.25) is 0 Å². The fraction of sp³-hybridized carbons (Fsp3) is 0.308. The third-order valence-electron chi connectivity index (χ3n) is 2.85. The second kappa shape index (κ2) is 4.51. The number of terminal acetylenes is 1. The van der Waals surface area contributed by atoms with Crippen LogP contribution in [-0.2, 0) is 40.4 Å². The fourth-order valence-corrected chi connectivity index (χ4v) is 3.38. The Labute approximate surface area is 118 Å². The van der Waals surface area contributed by atoms with Crippen LogP contribution in [0.5, 0.6) is 0 Å². The van der Waals surface area contributed by atoms with Crippen LogP contribution in [0.3, 0.4) is 0 Å². The molecule has 0 radical (unpaired) electrons. The van der Waals surface area contributed by atoms with E-state index in [-0.39, 0.29) is 0 Å². The second-order valence-electron chi connectivity index (χ2n) is 4.61. The summed E-state index contributed by atoms with van der Waals surface area (Å²) in [5.41, 5.74) is 0. The molecular weight excluding hydrogens is 343 g/mol. The van der Waals surface area contributed by atoms with E-state index in [0.29, 0.717) is 28.9 Å². The van der Waals surface area contributed by atoms with Gasteiger partial charge in [0.1, 0.15) is 0 Å². The third-order valence-corrected chi connectivity index (χ3v) is 11.4. The van der Waals surface area contributed by atoms with Crippen molar-refractivity contribution in [3.05, 3.63) is 0 Å². The number of hydrogen-bond acceptors (Lipinski definition) is 7. The minimum absolute atomic E-state index is 0.710. The molecule has 9 heteroatoms. The Hall–Kier alpha value is -2.98. The molecule has 0 amide bonds. The van der Waals surface area contributed by atoms with Gasteiger partial charge in [0.05, 0.1) is 0 Å². The van der Waals surface area contributed by atoms with Crippen LogP contribution >= 0.6 is 0 Å². The minimum atomic E-state index is -7.65. The van der Waals surface area contributed by atoms with Gasteiger partial charge in [0, 0.05) is 5.92 Å². The first-order valence-electron chi connectivity index (χ1n) is 4.86. The Balaban J connectivity index is 0. The molecule has 0 fully saturated rings. The van der Waals surface area contributed by atoms with E-state index in [2.05, 4.69) is 6.42 Å². The van der Waals surface area contributed by atoms with E-state index in [4.69, 9.17) is 9.90 Å². The Morgan fingerprint density at radius 3 is 1.00 bits per heavy atom. The summed E-state index contributed by atoms with van der Waals surface area (Å²) >= 11 is 0. The fourth-order valence-electron chi connectivity index (χ4n) is 0.821. The van der Waals surface area contributed by atoms with Crippen LogP contribution in [0.2, 0.25) is 4.35 Å². The molecule has 0 aliphatic heterocycles. The SMILES string of the molecule is C#CC(=O)O.C[C](C)(C)[Co](=[C]=O)(=[C]=O)(=[C]=O)(=[C]=O)(=[C]=O)=[C]=O. The molecule has 0 saturated carbocycles. The van der Waals surface area contributed by atoms with Gasteiger partial charge in [-0.05, 0) is 0 Å². The molecule has 0 unspecified atom stereocenters. The van der Waals surface area contributed by atoms with Gasteiger partial charge in [-0.1, -0.05) is 0 Å². The second-order valence-corrected chi connectivity index (χ2v) is 12.9. The van der Waals surface area contributed by atoms with Crippen molar-refractivity contribution in [2.24, 2.45) is 0 Å². The van der Waals surface area contributed by atoms with Crippen LogP contribution in [0.1, 0.15) is 20.8 Å². The molecule has 0 rings (SSSR count). The molecule has 0 bridgehead atoms. The maximum absolute atomic E-state index is 11.2. The molecule has 0 saturated heterocycles. The van der Waals surface area contributed by atoms with Gasteiger partial charge in [-0.15, -0.1) is 6.42 Å². The molecule has 0 atom stereocenters. The van der Waals surface area contributed by atoms with Crippen LogP contribution in [0.15, 0.2) is 0 Å². The average Bonchev–Trinajstić information content (AvgIpc) is 2.53. The van der Waals surface area contributed by atoms with E-state index in [0.717, 1.165) is 20.8 Å². The van der Waals surface area contributed by atoms with Crippen molar-refractivity contribution in [2.75, 3.05) is 0 Å². The summed E-state index contributed by atoms with van der Waals surface area (Å²) in [5, 5.41) is 7.49. The third kappa shape index (κ3) is 1.55. The van der Waals surface area contributed by atoms with Gasteiger partial charge in [0.15, 0.2) is 0 Å². The van der Waals surface area contributed by atoms with Crippen molar-refractivity contribution in [1.29, 1.82) is 0 Å². The quantitative estimate of drug-likeness (QED) is 0.551. The monoisotopic (exact) mass is 354 g/mol. The van der Waals surface area contributed by atoms with Crippen LogP contribution in [0.25, 0.3) is 0 Å². The predicted molar refractivity (Wildman–Crippen MR) is 70.3 cm³/mol. The molecule has 0 aromatic carbocycles. The molecular formula is C13H11CoO8. The van der Waals surface area contributed by atoms with E-state index in [1.807, 2.05) is 0 Å². The van der Waals surface area contributed by atoms with Crippen molar-refractivity contribution in [3.63, 3.8) is 0 Å². The molecule has 120 valence electrons. The number of hydrogen-bond donors (Lipinski definition) is 1. The van der Waals surface area contributed by atoms with Crippen LogP contribution in [0.4, 0.5) is 0 Å². The Bertz CT molecular complexity index is 1220. The zero-order valence-corrected chi connectivity index (χ0v) is 12.8. The number of carboxylic acid groups (broad SMARTS) is 1. The molecule has 0 aromatic heterocycles. The van der Waals surface area contributed by atoms with Crippen LogP contribution < -0.4 is 0 Å². The van der Waals surface area contributed by atoms with E-state index in [1.165, 1.54) is 5.92 Å². The summed E-state index contributed by atoms with van der Waals surface area (Å²) in [6.45, 7) is -4.74. The van der Waals surface area contributed by atoms with Crippen molar-refractivity contribution >= 4 is 34.9 Å². The van der Waals surface area contributed by atoms with E-state index in [1.54, 1.807) is 0 Å². The normalized spacial score (nSPS) is 14.4. The summed E-state index contributed by atoms with van der Waals surface area (Å²) in [4.78, 5) is 80.7. The van der Waals surface area contributed by atoms with E-state index in [9.17, 15) is 28.8 Å². The Kier molecular flexibility index (Phi) is 4.37. The maximum atomic E-state index is 11.2.